The minimum atomic E-state index is -0.775. The highest BCUT2D eigenvalue weighted by molar-refractivity contribution is 7.98. The van der Waals surface area contributed by atoms with E-state index in [1.165, 1.54) is 4.90 Å². The molecule has 0 aliphatic carbocycles. The third-order valence-corrected chi connectivity index (χ3v) is 7.20. The second kappa shape index (κ2) is 6.54. The van der Waals surface area contributed by atoms with Crippen LogP contribution in [-0.4, -0.2) is 25.4 Å². The third kappa shape index (κ3) is 2.39. The van der Waals surface area contributed by atoms with Crippen LogP contribution in [-0.2, 0) is 23.2 Å². The van der Waals surface area contributed by atoms with E-state index in [0.29, 0.717) is 19.8 Å². The van der Waals surface area contributed by atoms with E-state index in [0.717, 1.165) is 45.9 Å². The topological polar surface area (TPSA) is 38.8 Å². The summed E-state index contributed by atoms with van der Waals surface area (Å²) in [5, 5.41) is 0. The van der Waals surface area contributed by atoms with Crippen molar-refractivity contribution in [3.05, 3.63) is 82.9 Å². The fraction of sp³-hybridized carbons (Fsp3) is 0.240. The predicted molar refractivity (Wildman–Crippen MR) is 118 cm³/mol. The number of benzene rings is 3. The maximum Gasteiger partial charge on any atom is 0.246 e. The van der Waals surface area contributed by atoms with Gasteiger partial charge in [-0.2, -0.15) is 0 Å². The first-order valence-corrected chi connectivity index (χ1v) is 11.4. The van der Waals surface area contributed by atoms with Crippen LogP contribution in [0.2, 0.25) is 0 Å². The minimum Gasteiger partial charge on any atom is -0.493 e. The van der Waals surface area contributed by atoms with Gasteiger partial charge in [0.1, 0.15) is 23.5 Å². The molecule has 1 amide bonds. The minimum absolute atomic E-state index is 0.0928. The number of hydrogen-bond donors (Lipinski definition) is 0. The highest BCUT2D eigenvalue weighted by Crippen LogP contribution is 2.54. The van der Waals surface area contributed by atoms with E-state index >= 15 is 0 Å². The van der Waals surface area contributed by atoms with Gasteiger partial charge in [0.05, 0.1) is 13.2 Å². The Morgan fingerprint density at radius 3 is 2.67 bits per heavy atom. The lowest BCUT2D eigenvalue weighted by Crippen LogP contribution is -2.42. The molecule has 150 valence electrons. The van der Waals surface area contributed by atoms with Crippen LogP contribution in [0.15, 0.2) is 65.6 Å². The van der Waals surface area contributed by atoms with Crippen molar-refractivity contribution in [2.24, 2.45) is 0 Å². The normalized spacial score (nSPS) is 20.7. The standard InChI is InChI=1S/C25H21NO3S/c1-30-18-8-6-16(7-9-18)14-26-21-5-3-2-4-19(21)25(24(26)27)15-29-23-13-22-17(10-11-28-22)12-20(23)25/h2-9,12-13H,10-11,14-15H2,1H3. The lowest BCUT2D eigenvalue weighted by atomic mass is 9.76. The van der Waals surface area contributed by atoms with Crippen LogP contribution in [0.25, 0.3) is 0 Å². The average molecular weight is 416 g/mol. The number of carbonyl (C=O) groups excluding carboxylic acids is 1. The van der Waals surface area contributed by atoms with E-state index in [4.69, 9.17) is 9.47 Å². The summed E-state index contributed by atoms with van der Waals surface area (Å²) in [6.07, 6.45) is 2.94. The fourth-order valence-corrected chi connectivity index (χ4v) is 5.33. The Labute approximate surface area is 179 Å². The number of fused-ring (bicyclic) bond motifs is 5. The van der Waals surface area contributed by atoms with Gasteiger partial charge in [-0.3, -0.25) is 4.79 Å². The van der Waals surface area contributed by atoms with Gasteiger partial charge < -0.3 is 14.4 Å². The zero-order valence-electron chi connectivity index (χ0n) is 16.7. The largest absolute Gasteiger partial charge is 0.493 e. The molecule has 3 aliphatic rings. The molecule has 5 heteroatoms. The van der Waals surface area contributed by atoms with Crippen LogP contribution in [0.5, 0.6) is 11.5 Å². The molecular formula is C25H21NO3S. The first-order chi connectivity index (χ1) is 14.7. The zero-order valence-corrected chi connectivity index (χ0v) is 17.5. The number of thioether (sulfide) groups is 1. The van der Waals surface area contributed by atoms with Crippen LogP contribution in [0.4, 0.5) is 5.69 Å². The highest BCUT2D eigenvalue weighted by Gasteiger charge is 2.57. The molecule has 3 heterocycles. The van der Waals surface area contributed by atoms with E-state index in [1.54, 1.807) is 11.8 Å². The molecule has 0 aromatic heterocycles. The predicted octanol–water partition coefficient (Wildman–Crippen LogP) is 4.57. The van der Waals surface area contributed by atoms with Crippen molar-refractivity contribution in [2.45, 2.75) is 23.3 Å². The molecule has 1 spiro atoms. The Bertz CT molecular complexity index is 1170. The Morgan fingerprint density at radius 2 is 1.83 bits per heavy atom. The quantitative estimate of drug-likeness (QED) is 0.588. The Hall–Kier alpha value is -2.92. The van der Waals surface area contributed by atoms with Gasteiger partial charge in [0, 0.05) is 28.6 Å². The molecule has 1 atom stereocenters. The summed E-state index contributed by atoms with van der Waals surface area (Å²) >= 11 is 1.72. The molecule has 0 bridgehead atoms. The maximum atomic E-state index is 14.0. The smallest absolute Gasteiger partial charge is 0.246 e. The van der Waals surface area contributed by atoms with Gasteiger partial charge in [-0.1, -0.05) is 30.3 Å². The van der Waals surface area contributed by atoms with Crippen LogP contribution in [0.3, 0.4) is 0 Å². The van der Waals surface area contributed by atoms with Crippen molar-refractivity contribution in [3.63, 3.8) is 0 Å². The van der Waals surface area contributed by atoms with Crippen molar-refractivity contribution >= 4 is 23.4 Å². The maximum absolute atomic E-state index is 14.0. The van der Waals surface area contributed by atoms with Gasteiger partial charge in [-0.05, 0) is 47.2 Å². The van der Waals surface area contributed by atoms with Gasteiger partial charge in [0.25, 0.3) is 0 Å². The van der Waals surface area contributed by atoms with Crippen molar-refractivity contribution in [1.29, 1.82) is 0 Å². The van der Waals surface area contributed by atoms with Crippen LogP contribution >= 0.6 is 11.8 Å². The van der Waals surface area contributed by atoms with Gasteiger partial charge in [0.2, 0.25) is 5.91 Å². The van der Waals surface area contributed by atoms with Crippen molar-refractivity contribution in [3.8, 4) is 11.5 Å². The number of carbonyl (C=O) groups is 1. The van der Waals surface area contributed by atoms with E-state index in [-0.39, 0.29) is 5.91 Å². The summed E-state index contributed by atoms with van der Waals surface area (Å²) < 4.78 is 11.8. The Balaban J connectivity index is 1.46. The summed E-state index contributed by atoms with van der Waals surface area (Å²) in [5.41, 5.74) is 4.50. The van der Waals surface area contributed by atoms with E-state index in [2.05, 4.69) is 42.7 Å². The van der Waals surface area contributed by atoms with E-state index in [1.807, 2.05) is 29.2 Å². The fourth-order valence-electron chi connectivity index (χ4n) is 4.92. The number of rotatable bonds is 3. The molecule has 3 aromatic carbocycles. The number of anilines is 1. The van der Waals surface area contributed by atoms with Gasteiger partial charge in [-0.25, -0.2) is 0 Å². The summed E-state index contributed by atoms with van der Waals surface area (Å²) in [4.78, 5) is 17.1. The molecule has 6 rings (SSSR count). The number of hydrogen-bond acceptors (Lipinski definition) is 4. The summed E-state index contributed by atoms with van der Waals surface area (Å²) in [6.45, 7) is 1.58. The molecular weight excluding hydrogens is 394 g/mol. The number of nitrogens with zero attached hydrogens (tertiary/aromatic N) is 1. The molecule has 0 saturated heterocycles. The molecule has 4 nitrogen and oxygen atoms in total. The van der Waals surface area contributed by atoms with Crippen molar-refractivity contribution < 1.29 is 14.3 Å². The molecule has 30 heavy (non-hydrogen) atoms. The third-order valence-electron chi connectivity index (χ3n) is 6.46. The highest BCUT2D eigenvalue weighted by atomic mass is 32.2. The number of ether oxygens (including phenoxy) is 2. The first kappa shape index (κ1) is 17.9. The molecule has 0 radical (unpaired) electrons. The van der Waals surface area contributed by atoms with Crippen LogP contribution < -0.4 is 14.4 Å². The summed E-state index contributed by atoms with van der Waals surface area (Å²) in [5.74, 6) is 1.75. The second-order valence-corrected chi connectivity index (χ2v) is 8.88. The molecule has 0 N–H and O–H groups in total. The molecule has 3 aromatic rings. The lowest BCUT2D eigenvalue weighted by Gasteiger charge is -2.23. The van der Waals surface area contributed by atoms with E-state index < -0.39 is 5.41 Å². The van der Waals surface area contributed by atoms with Crippen molar-refractivity contribution in [1.82, 2.24) is 0 Å². The summed E-state index contributed by atoms with van der Waals surface area (Å²) in [6, 6.07) is 20.7. The second-order valence-electron chi connectivity index (χ2n) is 8.01. The molecule has 0 fully saturated rings. The van der Waals surface area contributed by atoms with Gasteiger partial charge in [-0.15, -0.1) is 11.8 Å². The zero-order chi connectivity index (χ0) is 20.3. The average Bonchev–Trinajstić information content (AvgIpc) is 3.46. The van der Waals surface area contributed by atoms with Gasteiger partial charge in [0.15, 0.2) is 0 Å². The SMILES string of the molecule is CSc1ccc(CN2C(=O)C3(COc4cc5c(cc43)CCO5)c3ccccc32)cc1. The first-order valence-electron chi connectivity index (χ1n) is 10.2. The van der Waals surface area contributed by atoms with Gasteiger partial charge >= 0.3 is 0 Å². The Kier molecular flexibility index (Phi) is 3.90. The monoisotopic (exact) mass is 415 g/mol. The van der Waals surface area contributed by atoms with E-state index in [9.17, 15) is 4.79 Å². The molecule has 1 unspecified atom stereocenters. The molecule has 3 aliphatic heterocycles. The number of amides is 1. The Morgan fingerprint density at radius 1 is 1.00 bits per heavy atom. The number of para-hydroxylation sites is 1. The molecule has 0 saturated carbocycles. The summed E-state index contributed by atoms with van der Waals surface area (Å²) in [7, 11) is 0. The van der Waals surface area contributed by atoms with Crippen LogP contribution in [0.1, 0.15) is 22.3 Å². The lowest BCUT2D eigenvalue weighted by molar-refractivity contribution is -0.122. The van der Waals surface area contributed by atoms with Crippen molar-refractivity contribution in [2.75, 3.05) is 24.4 Å². The van der Waals surface area contributed by atoms with Crippen LogP contribution in [0, 0.1) is 0 Å².